The highest BCUT2D eigenvalue weighted by Crippen LogP contribution is 2.26. The van der Waals surface area contributed by atoms with Crippen LogP contribution in [-0.4, -0.2) is 19.1 Å². The van der Waals surface area contributed by atoms with E-state index in [2.05, 4.69) is 24.4 Å². The van der Waals surface area contributed by atoms with Gasteiger partial charge in [-0.1, -0.05) is 31.2 Å². The largest absolute Gasteiger partial charge is 0.492 e. The lowest BCUT2D eigenvalue weighted by Crippen LogP contribution is -2.34. The summed E-state index contributed by atoms with van der Waals surface area (Å²) in [6.45, 7) is 6.94. The Morgan fingerprint density at radius 2 is 1.71 bits per heavy atom. The second-order valence-electron chi connectivity index (χ2n) is 6.29. The number of amides is 1. The zero-order chi connectivity index (χ0) is 17.6. The normalized spacial score (nSPS) is 11.2. The Bertz CT molecular complexity index is 661. The first-order valence-corrected chi connectivity index (χ1v) is 8.31. The van der Waals surface area contributed by atoms with Gasteiger partial charge < -0.3 is 15.8 Å². The minimum Gasteiger partial charge on any atom is -0.492 e. The number of rotatable bonds is 7. The van der Waals surface area contributed by atoms with E-state index >= 15 is 0 Å². The maximum absolute atomic E-state index is 12.7. The van der Waals surface area contributed by atoms with Gasteiger partial charge in [-0.25, -0.2) is 0 Å². The fourth-order valence-electron chi connectivity index (χ4n) is 2.39. The Labute approximate surface area is 144 Å². The lowest BCUT2D eigenvalue weighted by Gasteiger charge is -2.24. The maximum atomic E-state index is 12.7. The van der Waals surface area contributed by atoms with E-state index in [1.807, 2.05) is 50.2 Å². The van der Waals surface area contributed by atoms with E-state index < -0.39 is 5.41 Å². The van der Waals surface area contributed by atoms with Crippen LogP contribution in [0.15, 0.2) is 48.5 Å². The van der Waals surface area contributed by atoms with Crippen molar-refractivity contribution >= 4 is 11.6 Å². The van der Waals surface area contributed by atoms with Gasteiger partial charge in [0, 0.05) is 12.2 Å². The number of anilines is 1. The lowest BCUT2D eigenvalue weighted by atomic mass is 9.83. The summed E-state index contributed by atoms with van der Waals surface area (Å²) in [4.78, 5) is 12.7. The van der Waals surface area contributed by atoms with E-state index in [0.717, 1.165) is 23.4 Å². The number of ether oxygens (including phenoxy) is 1. The molecule has 0 atom stereocenters. The van der Waals surface area contributed by atoms with Crippen LogP contribution in [-0.2, 0) is 16.6 Å². The molecule has 2 aromatic carbocycles. The first-order chi connectivity index (χ1) is 11.5. The van der Waals surface area contributed by atoms with E-state index in [1.54, 1.807) is 0 Å². The molecule has 0 saturated heterocycles. The molecule has 2 rings (SSSR count). The molecular weight excluding hydrogens is 300 g/mol. The van der Waals surface area contributed by atoms with Gasteiger partial charge in [0.05, 0.1) is 5.41 Å². The third-order valence-electron chi connectivity index (χ3n) is 4.15. The molecule has 0 aliphatic carbocycles. The van der Waals surface area contributed by atoms with Gasteiger partial charge in [-0.2, -0.15) is 0 Å². The number of nitrogens with two attached hydrogens (primary N) is 1. The van der Waals surface area contributed by atoms with Crippen molar-refractivity contribution in [3.8, 4) is 5.75 Å². The summed E-state index contributed by atoms with van der Waals surface area (Å²) in [5.41, 5.74) is 7.82. The van der Waals surface area contributed by atoms with Crippen LogP contribution in [0.3, 0.4) is 0 Å². The topological polar surface area (TPSA) is 64.3 Å². The maximum Gasteiger partial charge on any atom is 0.234 e. The molecular formula is C20H26N2O2. The first-order valence-electron chi connectivity index (χ1n) is 8.31. The molecule has 0 aromatic heterocycles. The summed E-state index contributed by atoms with van der Waals surface area (Å²) in [7, 11) is 0. The minimum absolute atomic E-state index is 0.0395. The minimum atomic E-state index is -0.610. The molecule has 0 aliphatic rings. The molecule has 0 radical (unpaired) electrons. The standard InChI is InChI=1S/C20H26N2O2/c1-4-15-5-7-16(8-6-15)20(2,3)19(23)22-17-9-11-18(12-10-17)24-14-13-21/h5-12H,4,13-14,21H2,1-3H3,(H,22,23). The van der Waals surface area contributed by atoms with Crippen molar-refractivity contribution in [3.05, 3.63) is 59.7 Å². The van der Waals surface area contributed by atoms with Crippen molar-refractivity contribution in [1.82, 2.24) is 0 Å². The average molecular weight is 326 g/mol. The molecule has 128 valence electrons. The van der Waals surface area contributed by atoms with Crippen LogP contribution >= 0.6 is 0 Å². The summed E-state index contributed by atoms with van der Waals surface area (Å²) in [5, 5.41) is 2.97. The predicted molar refractivity (Wildman–Crippen MR) is 98.5 cm³/mol. The number of aryl methyl sites for hydroxylation is 1. The molecule has 0 heterocycles. The van der Waals surface area contributed by atoms with Crippen LogP contribution in [0.5, 0.6) is 5.75 Å². The highest BCUT2D eigenvalue weighted by molar-refractivity contribution is 5.98. The Kier molecular flexibility index (Phi) is 5.99. The number of benzene rings is 2. The zero-order valence-electron chi connectivity index (χ0n) is 14.6. The van der Waals surface area contributed by atoms with Gasteiger partial charge in [-0.05, 0) is 55.7 Å². The number of carbonyl (C=O) groups is 1. The molecule has 4 nitrogen and oxygen atoms in total. The van der Waals surface area contributed by atoms with E-state index in [0.29, 0.717) is 13.2 Å². The van der Waals surface area contributed by atoms with E-state index in [-0.39, 0.29) is 5.91 Å². The van der Waals surface area contributed by atoms with E-state index in [4.69, 9.17) is 10.5 Å². The first kappa shape index (κ1) is 18.0. The fourth-order valence-corrected chi connectivity index (χ4v) is 2.39. The van der Waals surface area contributed by atoms with Crippen molar-refractivity contribution in [2.75, 3.05) is 18.5 Å². The van der Waals surface area contributed by atoms with Crippen LogP contribution in [0.1, 0.15) is 31.9 Å². The van der Waals surface area contributed by atoms with Crippen molar-refractivity contribution in [1.29, 1.82) is 0 Å². The van der Waals surface area contributed by atoms with Crippen molar-refractivity contribution < 1.29 is 9.53 Å². The van der Waals surface area contributed by atoms with Gasteiger partial charge in [-0.3, -0.25) is 4.79 Å². The molecule has 3 N–H and O–H groups in total. The van der Waals surface area contributed by atoms with Gasteiger partial charge in [0.1, 0.15) is 12.4 Å². The van der Waals surface area contributed by atoms with Crippen LogP contribution in [0.2, 0.25) is 0 Å². The van der Waals surface area contributed by atoms with Gasteiger partial charge in [-0.15, -0.1) is 0 Å². The average Bonchev–Trinajstić information content (AvgIpc) is 2.61. The second-order valence-corrected chi connectivity index (χ2v) is 6.29. The summed E-state index contributed by atoms with van der Waals surface area (Å²) in [5.74, 6) is 0.704. The number of hydrogen-bond acceptors (Lipinski definition) is 3. The van der Waals surface area contributed by atoms with Crippen LogP contribution < -0.4 is 15.8 Å². The molecule has 0 aliphatic heterocycles. The van der Waals surface area contributed by atoms with Crippen molar-refractivity contribution in [3.63, 3.8) is 0 Å². The van der Waals surface area contributed by atoms with Gasteiger partial charge in [0.25, 0.3) is 0 Å². The zero-order valence-corrected chi connectivity index (χ0v) is 14.6. The molecule has 1 amide bonds. The lowest BCUT2D eigenvalue weighted by molar-refractivity contribution is -0.120. The summed E-state index contributed by atoms with van der Waals surface area (Å²) < 4.78 is 5.44. The third-order valence-corrected chi connectivity index (χ3v) is 4.15. The molecule has 0 unspecified atom stereocenters. The van der Waals surface area contributed by atoms with Crippen LogP contribution in [0.25, 0.3) is 0 Å². The van der Waals surface area contributed by atoms with Gasteiger partial charge in [0.2, 0.25) is 5.91 Å². The Balaban J connectivity index is 2.06. The molecule has 4 heteroatoms. The molecule has 0 fully saturated rings. The van der Waals surface area contributed by atoms with Gasteiger partial charge >= 0.3 is 0 Å². The molecule has 2 aromatic rings. The molecule has 0 spiro atoms. The predicted octanol–water partition coefficient (Wildman–Crippen LogP) is 3.50. The monoisotopic (exact) mass is 326 g/mol. The number of hydrogen-bond donors (Lipinski definition) is 2. The van der Waals surface area contributed by atoms with Crippen LogP contribution in [0.4, 0.5) is 5.69 Å². The van der Waals surface area contributed by atoms with Crippen LogP contribution in [0, 0.1) is 0 Å². The number of nitrogens with one attached hydrogen (secondary N) is 1. The van der Waals surface area contributed by atoms with E-state index in [1.165, 1.54) is 5.56 Å². The quantitative estimate of drug-likeness (QED) is 0.818. The highest BCUT2D eigenvalue weighted by Gasteiger charge is 2.29. The molecule has 0 bridgehead atoms. The van der Waals surface area contributed by atoms with E-state index in [9.17, 15) is 4.79 Å². The highest BCUT2D eigenvalue weighted by atomic mass is 16.5. The fraction of sp³-hybridized carbons (Fsp3) is 0.350. The second kappa shape index (κ2) is 7.97. The molecule has 24 heavy (non-hydrogen) atoms. The van der Waals surface area contributed by atoms with Crippen molar-refractivity contribution in [2.24, 2.45) is 5.73 Å². The Morgan fingerprint density at radius 3 is 2.25 bits per heavy atom. The number of carbonyl (C=O) groups excluding carboxylic acids is 1. The van der Waals surface area contributed by atoms with Gasteiger partial charge in [0.15, 0.2) is 0 Å². The summed E-state index contributed by atoms with van der Waals surface area (Å²) >= 11 is 0. The van der Waals surface area contributed by atoms with Crippen molar-refractivity contribution in [2.45, 2.75) is 32.6 Å². The molecule has 0 saturated carbocycles. The summed E-state index contributed by atoms with van der Waals surface area (Å²) in [6, 6.07) is 15.5. The third kappa shape index (κ3) is 4.36. The summed E-state index contributed by atoms with van der Waals surface area (Å²) in [6.07, 6.45) is 0.992. The smallest absolute Gasteiger partial charge is 0.234 e. The Hall–Kier alpha value is -2.33. The SMILES string of the molecule is CCc1ccc(C(C)(C)C(=O)Nc2ccc(OCCN)cc2)cc1. The Morgan fingerprint density at radius 1 is 1.08 bits per heavy atom.